The van der Waals surface area contributed by atoms with Gasteiger partial charge in [-0.1, -0.05) is 6.92 Å². The summed E-state index contributed by atoms with van der Waals surface area (Å²) in [4.78, 5) is 2.31. The van der Waals surface area contributed by atoms with E-state index in [-0.39, 0.29) is 5.54 Å². The van der Waals surface area contributed by atoms with Crippen molar-refractivity contribution in [2.45, 2.75) is 39.7 Å². The van der Waals surface area contributed by atoms with Gasteiger partial charge in [-0.2, -0.15) is 0 Å². The summed E-state index contributed by atoms with van der Waals surface area (Å²) in [6, 6.07) is 3.92. The zero-order valence-electron chi connectivity index (χ0n) is 13.0. The van der Waals surface area contributed by atoms with Gasteiger partial charge in [0.2, 0.25) is 0 Å². The standard InChI is InChI=1S/C16H26N4/c1-11-7-8-20(10-11)15-12(9-17)14(6-5-13(15)18)19-16(2,3)4/h5-6,9,11,17,19H,7-8,10,18H2,1-4H3/t11-/m0/s1. The minimum atomic E-state index is -0.0382. The molecule has 110 valence electrons. The Bertz CT molecular complexity index is 502. The number of hydrogen-bond donors (Lipinski definition) is 3. The smallest absolute Gasteiger partial charge is 0.0709 e. The van der Waals surface area contributed by atoms with Gasteiger partial charge < -0.3 is 21.4 Å². The first-order valence-corrected chi connectivity index (χ1v) is 7.28. The summed E-state index contributed by atoms with van der Waals surface area (Å²) in [5.41, 5.74) is 9.80. The molecule has 1 atom stereocenters. The predicted octanol–water partition coefficient (Wildman–Crippen LogP) is 3.32. The maximum atomic E-state index is 7.80. The van der Waals surface area contributed by atoms with Crippen LogP contribution in [0.15, 0.2) is 12.1 Å². The van der Waals surface area contributed by atoms with Crippen LogP contribution in [-0.4, -0.2) is 24.8 Å². The van der Waals surface area contributed by atoms with E-state index in [1.165, 1.54) is 12.6 Å². The van der Waals surface area contributed by atoms with Crippen LogP contribution in [-0.2, 0) is 0 Å². The molecule has 0 aliphatic carbocycles. The van der Waals surface area contributed by atoms with Crippen molar-refractivity contribution in [1.82, 2.24) is 0 Å². The molecule has 1 heterocycles. The number of nitrogens with zero attached hydrogens (tertiary/aromatic N) is 1. The molecule has 0 spiro atoms. The van der Waals surface area contributed by atoms with Crippen molar-refractivity contribution in [3.8, 4) is 0 Å². The van der Waals surface area contributed by atoms with Crippen LogP contribution < -0.4 is 16.0 Å². The van der Waals surface area contributed by atoms with Gasteiger partial charge in [0, 0.05) is 36.1 Å². The van der Waals surface area contributed by atoms with Gasteiger partial charge in [0.05, 0.1) is 11.4 Å². The van der Waals surface area contributed by atoms with E-state index in [0.29, 0.717) is 5.92 Å². The number of nitrogen functional groups attached to an aromatic ring is 1. The molecule has 1 saturated heterocycles. The summed E-state index contributed by atoms with van der Waals surface area (Å²) in [7, 11) is 0. The molecule has 0 radical (unpaired) electrons. The number of hydrogen-bond acceptors (Lipinski definition) is 4. The monoisotopic (exact) mass is 274 g/mol. The summed E-state index contributed by atoms with van der Waals surface area (Å²) in [6.45, 7) is 10.7. The molecule has 1 aliphatic rings. The molecule has 0 saturated carbocycles. The Morgan fingerprint density at radius 3 is 2.60 bits per heavy atom. The van der Waals surface area contributed by atoms with Crippen molar-refractivity contribution in [3.05, 3.63) is 17.7 Å². The molecular formula is C16H26N4. The molecule has 4 nitrogen and oxygen atoms in total. The van der Waals surface area contributed by atoms with Crippen LogP contribution >= 0.6 is 0 Å². The second kappa shape index (κ2) is 5.35. The first-order valence-electron chi connectivity index (χ1n) is 7.28. The highest BCUT2D eigenvalue weighted by Gasteiger charge is 2.24. The molecule has 4 heteroatoms. The third-order valence-corrected chi connectivity index (χ3v) is 3.64. The van der Waals surface area contributed by atoms with E-state index in [4.69, 9.17) is 11.1 Å². The lowest BCUT2D eigenvalue weighted by Gasteiger charge is -2.28. The summed E-state index contributed by atoms with van der Waals surface area (Å²) in [5, 5.41) is 11.3. The zero-order chi connectivity index (χ0) is 14.9. The SMILES string of the molecule is C[C@H]1CCN(c2c(N)ccc(NC(C)(C)C)c2C=N)C1. The lowest BCUT2D eigenvalue weighted by Crippen LogP contribution is -2.28. The maximum absolute atomic E-state index is 7.80. The molecule has 1 aromatic carbocycles. The van der Waals surface area contributed by atoms with Crippen molar-refractivity contribution in [3.63, 3.8) is 0 Å². The van der Waals surface area contributed by atoms with E-state index < -0.39 is 0 Å². The van der Waals surface area contributed by atoms with Crippen LogP contribution in [0.1, 0.15) is 39.7 Å². The molecule has 1 fully saturated rings. The molecule has 0 aromatic heterocycles. The van der Waals surface area contributed by atoms with E-state index in [1.807, 2.05) is 12.1 Å². The molecule has 1 aromatic rings. The van der Waals surface area contributed by atoms with E-state index in [0.717, 1.165) is 35.7 Å². The first kappa shape index (κ1) is 14.7. The van der Waals surface area contributed by atoms with Gasteiger partial charge in [0.15, 0.2) is 0 Å². The third kappa shape index (κ3) is 3.06. The molecule has 20 heavy (non-hydrogen) atoms. The molecule has 1 aliphatic heterocycles. The number of rotatable bonds is 3. The molecule has 0 bridgehead atoms. The van der Waals surface area contributed by atoms with Crippen molar-refractivity contribution < 1.29 is 0 Å². The van der Waals surface area contributed by atoms with Crippen LogP contribution in [0.2, 0.25) is 0 Å². The van der Waals surface area contributed by atoms with E-state index in [9.17, 15) is 0 Å². The Hall–Kier alpha value is -1.71. The Labute approximate surface area is 121 Å². The van der Waals surface area contributed by atoms with Gasteiger partial charge in [-0.05, 0) is 45.2 Å². The topological polar surface area (TPSA) is 65.1 Å². The molecular weight excluding hydrogens is 248 g/mol. The highest BCUT2D eigenvalue weighted by molar-refractivity contribution is 5.98. The summed E-state index contributed by atoms with van der Waals surface area (Å²) >= 11 is 0. The molecule has 2 rings (SSSR count). The fraction of sp³-hybridized carbons (Fsp3) is 0.562. The maximum Gasteiger partial charge on any atom is 0.0709 e. The largest absolute Gasteiger partial charge is 0.397 e. The number of benzene rings is 1. The highest BCUT2D eigenvalue weighted by atomic mass is 15.2. The third-order valence-electron chi connectivity index (χ3n) is 3.64. The lowest BCUT2D eigenvalue weighted by atomic mass is 10.0. The average molecular weight is 274 g/mol. The van der Waals surface area contributed by atoms with Crippen molar-refractivity contribution in [2.75, 3.05) is 29.0 Å². The first-order chi connectivity index (χ1) is 9.31. The average Bonchev–Trinajstić information content (AvgIpc) is 2.75. The van der Waals surface area contributed by atoms with Gasteiger partial charge in [-0.3, -0.25) is 0 Å². The van der Waals surface area contributed by atoms with E-state index in [1.54, 1.807) is 0 Å². The summed E-state index contributed by atoms with van der Waals surface area (Å²) in [5.74, 6) is 0.687. The van der Waals surface area contributed by atoms with Crippen molar-refractivity contribution >= 4 is 23.3 Å². The van der Waals surface area contributed by atoms with Gasteiger partial charge in [0.25, 0.3) is 0 Å². The van der Waals surface area contributed by atoms with Gasteiger partial charge in [-0.15, -0.1) is 0 Å². The zero-order valence-corrected chi connectivity index (χ0v) is 13.0. The van der Waals surface area contributed by atoms with E-state index in [2.05, 4.69) is 37.9 Å². The van der Waals surface area contributed by atoms with Crippen molar-refractivity contribution in [1.29, 1.82) is 5.41 Å². The van der Waals surface area contributed by atoms with Gasteiger partial charge in [-0.25, -0.2) is 0 Å². The predicted molar refractivity (Wildman–Crippen MR) is 88.1 cm³/mol. The number of anilines is 3. The number of nitrogens with two attached hydrogens (primary N) is 1. The van der Waals surface area contributed by atoms with Gasteiger partial charge >= 0.3 is 0 Å². The fourth-order valence-corrected chi connectivity index (χ4v) is 2.78. The minimum Gasteiger partial charge on any atom is -0.397 e. The summed E-state index contributed by atoms with van der Waals surface area (Å²) in [6.07, 6.45) is 2.61. The minimum absolute atomic E-state index is 0.0382. The molecule has 0 unspecified atom stereocenters. The Morgan fingerprint density at radius 1 is 1.40 bits per heavy atom. The molecule has 4 N–H and O–H groups in total. The second-order valence-corrected chi connectivity index (χ2v) is 6.82. The normalized spacial score (nSPS) is 19.2. The van der Waals surface area contributed by atoms with Crippen LogP contribution in [0.3, 0.4) is 0 Å². The lowest BCUT2D eigenvalue weighted by molar-refractivity contribution is 0.634. The Kier molecular flexibility index (Phi) is 3.93. The van der Waals surface area contributed by atoms with Crippen LogP contribution in [0.4, 0.5) is 17.1 Å². The Balaban J connectivity index is 2.44. The Morgan fingerprint density at radius 2 is 2.10 bits per heavy atom. The quantitative estimate of drug-likeness (QED) is 0.585. The van der Waals surface area contributed by atoms with Gasteiger partial charge in [0.1, 0.15) is 0 Å². The van der Waals surface area contributed by atoms with Crippen LogP contribution in [0.25, 0.3) is 0 Å². The number of nitrogens with one attached hydrogen (secondary N) is 2. The van der Waals surface area contributed by atoms with E-state index >= 15 is 0 Å². The highest BCUT2D eigenvalue weighted by Crippen LogP contribution is 2.36. The second-order valence-electron chi connectivity index (χ2n) is 6.82. The van der Waals surface area contributed by atoms with Crippen LogP contribution in [0, 0.1) is 11.3 Å². The molecule has 0 amide bonds. The van der Waals surface area contributed by atoms with Crippen molar-refractivity contribution in [2.24, 2.45) is 5.92 Å². The summed E-state index contributed by atoms with van der Waals surface area (Å²) < 4.78 is 0. The van der Waals surface area contributed by atoms with Crippen LogP contribution in [0.5, 0.6) is 0 Å². The fourth-order valence-electron chi connectivity index (χ4n) is 2.78.